The summed E-state index contributed by atoms with van der Waals surface area (Å²) in [7, 11) is 0. The molecule has 1 aliphatic heterocycles. The number of amides is 1. The van der Waals surface area contributed by atoms with Crippen LogP contribution < -0.4 is 0 Å². The van der Waals surface area contributed by atoms with Crippen molar-refractivity contribution in [2.75, 3.05) is 6.54 Å². The lowest BCUT2D eigenvalue weighted by Gasteiger charge is -2.29. The normalized spacial score (nSPS) is 13.6. The molecule has 144 valence electrons. The lowest BCUT2D eigenvalue weighted by Crippen LogP contribution is -2.36. The van der Waals surface area contributed by atoms with Crippen molar-refractivity contribution in [1.29, 1.82) is 0 Å². The quantitative estimate of drug-likeness (QED) is 0.625. The van der Waals surface area contributed by atoms with Crippen molar-refractivity contribution in [3.8, 4) is 10.6 Å². The third-order valence-electron chi connectivity index (χ3n) is 5.34. The van der Waals surface area contributed by atoms with Gasteiger partial charge in [-0.05, 0) is 47.6 Å². The van der Waals surface area contributed by atoms with E-state index in [1.54, 1.807) is 23.7 Å². The first-order valence-corrected chi connectivity index (χ1v) is 10.7. The molecule has 1 aromatic carbocycles. The van der Waals surface area contributed by atoms with Crippen LogP contribution in [-0.4, -0.2) is 27.3 Å². The second-order valence-corrected chi connectivity index (χ2v) is 8.49. The minimum absolute atomic E-state index is 0.221. The predicted molar refractivity (Wildman–Crippen MR) is 113 cm³/mol. The van der Waals surface area contributed by atoms with E-state index < -0.39 is 0 Å². The van der Waals surface area contributed by atoms with Gasteiger partial charge in [-0.15, -0.1) is 11.3 Å². The highest BCUT2D eigenvalue weighted by Crippen LogP contribution is 2.26. The molecule has 0 saturated carbocycles. The molecule has 0 N–H and O–H groups in total. The van der Waals surface area contributed by atoms with Crippen molar-refractivity contribution in [1.82, 2.24) is 14.9 Å². The van der Waals surface area contributed by atoms with E-state index >= 15 is 0 Å². The SMILES string of the molecule is CC(C)c1ccc2c(c1)CN(C(=O)CCc1csc(-c3ccncc3)n1)CC2. The van der Waals surface area contributed by atoms with Crippen LogP contribution >= 0.6 is 11.3 Å². The van der Waals surface area contributed by atoms with Gasteiger partial charge in [0.1, 0.15) is 5.01 Å². The van der Waals surface area contributed by atoms with Crippen molar-refractivity contribution in [3.05, 3.63) is 70.5 Å². The molecule has 0 spiro atoms. The number of rotatable bonds is 5. The number of pyridine rings is 1. The standard InChI is InChI=1S/C23H25N3OS/c1-16(2)19-4-3-17-9-12-26(14-20(17)13-19)22(27)6-5-21-15-28-23(25-21)18-7-10-24-11-8-18/h3-4,7-8,10-11,13,15-16H,5-6,9,12,14H2,1-2H3. The Morgan fingerprint density at radius 3 is 2.79 bits per heavy atom. The van der Waals surface area contributed by atoms with E-state index in [-0.39, 0.29) is 5.91 Å². The summed E-state index contributed by atoms with van der Waals surface area (Å²) in [5.41, 5.74) is 6.10. The monoisotopic (exact) mass is 391 g/mol. The number of fused-ring (bicyclic) bond motifs is 1. The summed E-state index contributed by atoms with van der Waals surface area (Å²) < 4.78 is 0. The molecule has 28 heavy (non-hydrogen) atoms. The summed E-state index contributed by atoms with van der Waals surface area (Å²) >= 11 is 1.62. The molecule has 2 aromatic heterocycles. The summed E-state index contributed by atoms with van der Waals surface area (Å²) in [6.07, 6.45) is 5.70. The van der Waals surface area contributed by atoms with Gasteiger partial charge in [0.15, 0.2) is 0 Å². The number of hydrogen-bond donors (Lipinski definition) is 0. The fraction of sp³-hybridized carbons (Fsp3) is 0.348. The molecule has 0 unspecified atom stereocenters. The third-order valence-corrected chi connectivity index (χ3v) is 6.28. The van der Waals surface area contributed by atoms with Crippen LogP contribution in [0.25, 0.3) is 10.6 Å². The fourth-order valence-corrected chi connectivity index (χ4v) is 4.45. The number of carbonyl (C=O) groups excluding carboxylic acids is 1. The molecule has 1 amide bonds. The van der Waals surface area contributed by atoms with E-state index in [1.165, 1.54) is 16.7 Å². The van der Waals surface area contributed by atoms with Gasteiger partial charge in [-0.25, -0.2) is 4.98 Å². The molecule has 0 saturated heterocycles. The smallest absolute Gasteiger partial charge is 0.223 e. The molecule has 3 heterocycles. The van der Waals surface area contributed by atoms with Gasteiger partial charge >= 0.3 is 0 Å². The van der Waals surface area contributed by atoms with E-state index in [9.17, 15) is 4.79 Å². The van der Waals surface area contributed by atoms with Crippen LogP contribution in [0.15, 0.2) is 48.1 Å². The Balaban J connectivity index is 1.37. The van der Waals surface area contributed by atoms with Crippen molar-refractivity contribution in [3.63, 3.8) is 0 Å². The van der Waals surface area contributed by atoms with Crippen LogP contribution in [0.5, 0.6) is 0 Å². The highest BCUT2D eigenvalue weighted by atomic mass is 32.1. The molecule has 4 rings (SSSR count). The molecule has 0 bridgehead atoms. The van der Waals surface area contributed by atoms with Gasteiger partial charge in [0.25, 0.3) is 0 Å². The number of carbonyl (C=O) groups is 1. The maximum absolute atomic E-state index is 12.8. The van der Waals surface area contributed by atoms with Gasteiger partial charge in [-0.3, -0.25) is 9.78 Å². The Bertz CT molecular complexity index is 965. The molecule has 0 atom stereocenters. The van der Waals surface area contributed by atoms with E-state index in [1.807, 2.05) is 17.0 Å². The summed E-state index contributed by atoms with van der Waals surface area (Å²) in [4.78, 5) is 23.5. The Hall–Kier alpha value is -2.53. The highest BCUT2D eigenvalue weighted by Gasteiger charge is 2.21. The van der Waals surface area contributed by atoms with Crippen molar-refractivity contribution in [2.45, 2.75) is 45.6 Å². The molecule has 0 fully saturated rings. The third kappa shape index (κ3) is 4.14. The zero-order valence-corrected chi connectivity index (χ0v) is 17.2. The first kappa shape index (κ1) is 18.8. The zero-order chi connectivity index (χ0) is 19.5. The Morgan fingerprint density at radius 2 is 2.00 bits per heavy atom. The topological polar surface area (TPSA) is 46.1 Å². The summed E-state index contributed by atoms with van der Waals surface area (Å²) in [6, 6.07) is 10.7. The average Bonchev–Trinajstić information content (AvgIpc) is 3.21. The molecule has 4 nitrogen and oxygen atoms in total. The maximum atomic E-state index is 12.8. The van der Waals surface area contributed by atoms with Crippen molar-refractivity contribution >= 4 is 17.2 Å². The van der Waals surface area contributed by atoms with Crippen LogP contribution in [0.1, 0.15) is 48.6 Å². The zero-order valence-electron chi connectivity index (χ0n) is 16.4. The van der Waals surface area contributed by atoms with Crippen molar-refractivity contribution < 1.29 is 4.79 Å². The first-order chi connectivity index (χ1) is 13.6. The Kier molecular flexibility index (Phi) is 5.53. The molecule has 0 radical (unpaired) electrons. The lowest BCUT2D eigenvalue weighted by molar-refractivity contribution is -0.132. The number of benzene rings is 1. The number of nitrogens with zero attached hydrogens (tertiary/aromatic N) is 3. The second kappa shape index (κ2) is 8.23. The van der Waals surface area contributed by atoms with Gasteiger partial charge in [0, 0.05) is 42.8 Å². The first-order valence-electron chi connectivity index (χ1n) is 9.84. The van der Waals surface area contributed by atoms with Crippen molar-refractivity contribution in [2.24, 2.45) is 0 Å². The average molecular weight is 392 g/mol. The number of thiazole rings is 1. The van der Waals surface area contributed by atoms with E-state index in [0.717, 1.165) is 35.8 Å². The second-order valence-electron chi connectivity index (χ2n) is 7.63. The number of aromatic nitrogens is 2. The minimum atomic E-state index is 0.221. The lowest BCUT2D eigenvalue weighted by atomic mass is 9.93. The Morgan fingerprint density at radius 1 is 1.18 bits per heavy atom. The van der Waals surface area contributed by atoms with Crippen LogP contribution in [-0.2, 0) is 24.2 Å². The minimum Gasteiger partial charge on any atom is -0.338 e. The van der Waals surface area contributed by atoms with Gasteiger partial charge in [0.05, 0.1) is 5.69 Å². The van der Waals surface area contributed by atoms with Gasteiger partial charge < -0.3 is 4.90 Å². The van der Waals surface area contributed by atoms with Gasteiger partial charge in [-0.2, -0.15) is 0 Å². The van der Waals surface area contributed by atoms with Crippen LogP contribution in [0, 0.1) is 0 Å². The van der Waals surface area contributed by atoms with E-state index in [2.05, 4.69) is 47.4 Å². The molecule has 0 aliphatic carbocycles. The highest BCUT2D eigenvalue weighted by molar-refractivity contribution is 7.13. The largest absolute Gasteiger partial charge is 0.338 e. The predicted octanol–water partition coefficient (Wildman–Crippen LogP) is 4.85. The van der Waals surface area contributed by atoms with Crippen LogP contribution in [0.3, 0.4) is 0 Å². The molecule has 3 aromatic rings. The molecular weight excluding hydrogens is 366 g/mol. The van der Waals surface area contributed by atoms with E-state index in [0.29, 0.717) is 18.8 Å². The number of hydrogen-bond acceptors (Lipinski definition) is 4. The van der Waals surface area contributed by atoms with Crippen LogP contribution in [0.2, 0.25) is 0 Å². The number of aryl methyl sites for hydroxylation is 1. The maximum Gasteiger partial charge on any atom is 0.223 e. The Labute approximate surface area is 170 Å². The molecule has 5 heteroatoms. The van der Waals surface area contributed by atoms with Gasteiger partial charge in [-0.1, -0.05) is 32.0 Å². The summed E-state index contributed by atoms with van der Waals surface area (Å²) in [5, 5.41) is 3.04. The summed E-state index contributed by atoms with van der Waals surface area (Å²) in [5.74, 6) is 0.731. The summed E-state index contributed by atoms with van der Waals surface area (Å²) in [6.45, 7) is 5.96. The fourth-order valence-electron chi connectivity index (χ4n) is 3.59. The molecule has 1 aliphatic rings. The van der Waals surface area contributed by atoms with E-state index in [4.69, 9.17) is 0 Å². The van der Waals surface area contributed by atoms with Gasteiger partial charge in [0.2, 0.25) is 5.91 Å². The van der Waals surface area contributed by atoms with Crippen LogP contribution in [0.4, 0.5) is 0 Å². The molecular formula is C23H25N3OS.